The minimum Gasteiger partial charge on any atom is -0.311 e. The van der Waals surface area contributed by atoms with Gasteiger partial charge in [-0.05, 0) is 29.5 Å². The second-order valence-corrected chi connectivity index (χ2v) is 5.73. The third-order valence-electron chi connectivity index (χ3n) is 2.64. The van der Waals surface area contributed by atoms with Crippen LogP contribution >= 0.6 is 11.8 Å². The molecule has 0 saturated carbocycles. The molecule has 20 heavy (non-hydrogen) atoms. The highest BCUT2D eigenvalue weighted by Crippen LogP contribution is 2.31. The topological polar surface area (TPSA) is 42.7 Å². The van der Waals surface area contributed by atoms with Gasteiger partial charge in [-0.2, -0.15) is 0 Å². The second kappa shape index (κ2) is 6.32. The molecule has 4 nitrogen and oxygen atoms in total. The van der Waals surface area contributed by atoms with Crippen molar-refractivity contribution in [3.8, 4) is 0 Å². The van der Waals surface area contributed by atoms with Crippen molar-refractivity contribution in [2.24, 2.45) is 7.05 Å². The van der Waals surface area contributed by atoms with E-state index in [9.17, 15) is 8.78 Å². The summed E-state index contributed by atoms with van der Waals surface area (Å²) in [7, 11) is 1.72. The fourth-order valence-electron chi connectivity index (χ4n) is 1.59. The van der Waals surface area contributed by atoms with E-state index in [1.165, 1.54) is 18.5 Å². The summed E-state index contributed by atoms with van der Waals surface area (Å²) in [6, 6.07) is 2.95. The zero-order valence-corrected chi connectivity index (χ0v) is 12.3. The summed E-state index contributed by atoms with van der Waals surface area (Å²) in [5.41, 5.74) is 0.580. The SMILES string of the molecule is CC(C)NCc1cc(F)c(Sc2nncn2C)c(F)c1. The van der Waals surface area contributed by atoms with Gasteiger partial charge in [0.2, 0.25) is 0 Å². The monoisotopic (exact) mass is 298 g/mol. The molecule has 0 fully saturated rings. The molecule has 0 bridgehead atoms. The third kappa shape index (κ3) is 3.55. The summed E-state index contributed by atoms with van der Waals surface area (Å²) < 4.78 is 29.6. The van der Waals surface area contributed by atoms with E-state index in [1.54, 1.807) is 11.6 Å². The summed E-state index contributed by atoms with van der Waals surface area (Å²) in [6.45, 7) is 4.39. The Kier molecular flexibility index (Phi) is 4.72. The first-order valence-electron chi connectivity index (χ1n) is 6.20. The van der Waals surface area contributed by atoms with Gasteiger partial charge in [-0.3, -0.25) is 0 Å². The van der Waals surface area contributed by atoms with Gasteiger partial charge in [0.05, 0.1) is 4.90 Å². The molecule has 0 aliphatic carbocycles. The van der Waals surface area contributed by atoms with Crippen LogP contribution in [0.1, 0.15) is 19.4 Å². The molecule has 0 radical (unpaired) electrons. The summed E-state index contributed by atoms with van der Waals surface area (Å²) in [5, 5.41) is 11.1. The number of hydrogen-bond acceptors (Lipinski definition) is 4. The number of benzene rings is 1. The molecule has 0 amide bonds. The van der Waals surface area contributed by atoms with Gasteiger partial charge < -0.3 is 9.88 Å². The molecule has 0 atom stereocenters. The predicted molar refractivity (Wildman–Crippen MR) is 73.5 cm³/mol. The molecule has 0 unspecified atom stereocenters. The summed E-state index contributed by atoms with van der Waals surface area (Å²) in [5.74, 6) is -1.17. The van der Waals surface area contributed by atoms with Crippen LogP contribution in [0.3, 0.4) is 0 Å². The lowest BCUT2D eigenvalue weighted by molar-refractivity contribution is 0.528. The highest BCUT2D eigenvalue weighted by atomic mass is 32.2. The average Bonchev–Trinajstić information content (AvgIpc) is 2.77. The van der Waals surface area contributed by atoms with Gasteiger partial charge in [0.15, 0.2) is 5.16 Å². The molecule has 0 spiro atoms. The first kappa shape index (κ1) is 14.9. The Hall–Kier alpha value is -1.47. The van der Waals surface area contributed by atoms with Crippen molar-refractivity contribution >= 4 is 11.8 Å². The summed E-state index contributed by atoms with van der Waals surface area (Å²) in [4.78, 5) is -0.0607. The van der Waals surface area contributed by atoms with E-state index in [0.29, 0.717) is 17.3 Å². The van der Waals surface area contributed by atoms with Gasteiger partial charge in [-0.25, -0.2) is 8.78 Å². The van der Waals surface area contributed by atoms with E-state index in [-0.39, 0.29) is 10.9 Å². The fourth-order valence-corrected chi connectivity index (χ4v) is 2.36. The Morgan fingerprint density at radius 2 is 1.95 bits per heavy atom. The van der Waals surface area contributed by atoms with Gasteiger partial charge in [0, 0.05) is 19.6 Å². The maximum Gasteiger partial charge on any atom is 0.195 e. The lowest BCUT2D eigenvalue weighted by Crippen LogP contribution is -2.22. The standard InChI is InChI=1S/C13H16F2N4S/c1-8(2)16-6-9-4-10(14)12(11(15)5-9)20-13-18-17-7-19(13)3/h4-5,7-8,16H,6H2,1-3H3. The van der Waals surface area contributed by atoms with E-state index in [1.807, 2.05) is 13.8 Å². The summed E-state index contributed by atoms with van der Waals surface area (Å²) >= 11 is 0.926. The molecule has 1 aromatic heterocycles. The molecule has 1 aromatic carbocycles. The van der Waals surface area contributed by atoms with E-state index in [0.717, 1.165) is 11.8 Å². The number of hydrogen-bond donors (Lipinski definition) is 1. The van der Waals surface area contributed by atoms with Gasteiger partial charge in [0.25, 0.3) is 0 Å². The highest BCUT2D eigenvalue weighted by molar-refractivity contribution is 7.99. The van der Waals surface area contributed by atoms with Crippen molar-refractivity contribution < 1.29 is 8.78 Å². The van der Waals surface area contributed by atoms with Gasteiger partial charge >= 0.3 is 0 Å². The van der Waals surface area contributed by atoms with Gasteiger partial charge in [-0.1, -0.05) is 13.8 Å². The van der Waals surface area contributed by atoms with Gasteiger partial charge in [0.1, 0.15) is 18.0 Å². The Bertz CT molecular complexity index is 575. The number of rotatable bonds is 5. The molecular formula is C13H16F2N4S. The van der Waals surface area contributed by atoms with Crippen LogP contribution in [-0.2, 0) is 13.6 Å². The van der Waals surface area contributed by atoms with Crippen LogP contribution in [0.25, 0.3) is 0 Å². The highest BCUT2D eigenvalue weighted by Gasteiger charge is 2.15. The Labute approximate surface area is 120 Å². The number of halogens is 2. The van der Waals surface area contributed by atoms with Crippen molar-refractivity contribution in [1.29, 1.82) is 0 Å². The maximum absolute atomic E-state index is 14.0. The minimum atomic E-state index is -0.585. The third-order valence-corrected chi connectivity index (χ3v) is 3.78. The van der Waals surface area contributed by atoms with Crippen molar-refractivity contribution in [2.45, 2.75) is 36.5 Å². The number of aromatic nitrogens is 3. The number of nitrogens with zero attached hydrogens (tertiary/aromatic N) is 3. The van der Waals surface area contributed by atoms with Crippen molar-refractivity contribution in [2.75, 3.05) is 0 Å². The predicted octanol–water partition coefficient (Wildman–Crippen LogP) is 2.74. The van der Waals surface area contributed by atoms with Crippen LogP contribution in [0.15, 0.2) is 28.5 Å². The minimum absolute atomic E-state index is 0.0607. The van der Waals surface area contributed by atoms with Crippen LogP contribution in [-0.4, -0.2) is 20.8 Å². The normalized spacial score (nSPS) is 11.3. The van der Waals surface area contributed by atoms with Crippen LogP contribution < -0.4 is 5.32 Å². The smallest absolute Gasteiger partial charge is 0.195 e. The second-order valence-electron chi connectivity index (χ2n) is 4.75. The Morgan fingerprint density at radius 1 is 1.30 bits per heavy atom. The Morgan fingerprint density at radius 3 is 2.45 bits per heavy atom. The van der Waals surface area contributed by atoms with Gasteiger partial charge in [-0.15, -0.1) is 10.2 Å². The first-order chi connectivity index (χ1) is 9.47. The molecule has 2 aromatic rings. The molecular weight excluding hydrogens is 282 g/mol. The fraction of sp³-hybridized carbons (Fsp3) is 0.385. The van der Waals surface area contributed by atoms with Crippen LogP contribution in [0.4, 0.5) is 8.78 Å². The summed E-state index contributed by atoms with van der Waals surface area (Å²) in [6.07, 6.45) is 1.49. The quantitative estimate of drug-likeness (QED) is 0.921. The molecule has 7 heteroatoms. The lowest BCUT2D eigenvalue weighted by atomic mass is 10.2. The molecule has 108 valence electrons. The van der Waals surface area contributed by atoms with Crippen molar-refractivity contribution in [3.05, 3.63) is 35.7 Å². The number of nitrogens with one attached hydrogen (secondary N) is 1. The van der Waals surface area contributed by atoms with Crippen molar-refractivity contribution in [1.82, 2.24) is 20.1 Å². The molecule has 0 aliphatic rings. The molecule has 2 rings (SSSR count). The van der Waals surface area contributed by atoms with E-state index >= 15 is 0 Å². The van der Waals surface area contributed by atoms with E-state index in [4.69, 9.17) is 0 Å². The number of aryl methyl sites for hydroxylation is 1. The molecule has 1 N–H and O–H groups in total. The maximum atomic E-state index is 14.0. The lowest BCUT2D eigenvalue weighted by Gasteiger charge is -2.10. The van der Waals surface area contributed by atoms with Crippen LogP contribution in [0, 0.1) is 11.6 Å². The largest absolute Gasteiger partial charge is 0.311 e. The molecule has 0 aliphatic heterocycles. The van der Waals surface area contributed by atoms with E-state index in [2.05, 4.69) is 15.5 Å². The van der Waals surface area contributed by atoms with Crippen LogP contribution in [0.5, 0.6) is 0 Å². The molecule has 1 heterocycles. The van der Waals surface area contributed by atoms with Crippen LogP contribution in [0.2, 0.25) is 0 Å². The molecule has 0 saturated heterocycles. The zero-order valence-electron chi connectivity index (χ0n) is 11.5. The zero-order chi connectivity index (χ0) is 14.7. The Balaban J connectivity index is 2.20. The first-order valence-corrected chi connectivity index (χ1v) is 7.02. The average molecular weight is 298 g/mol. The van der Waals surface area contributed by atoms with E-state index < -0.39 is 11.6 Å². The van der Waals surface area contributed by atoms with Crippen molar-refractivity contribution in [3.63, 3.8) is 0 Å².